The number of aromatic nitrogens is 2. The first-order valence-corrected chi connectivity index (χ1v) is 10.8. The number of benzene rings is 1. The maximum Gasteiger partial charge on any atom is 0.267 e. The van der Waals surface area contributed by atoms with Gasteiger partial charge in [0.05, 0.1) is 17.7 Å². The van der Waals surface area contributed by atoms with Crippen LogP contribution >= 0.6 is 23.1 Å². The molecule has 0 saturated carbocycles. The van der Waals surface area contributed by atoms with Gasteiger partial charge in [0.2, 0.25) is 0 Å². The molecule has 1 aliphatic carbocycles. The summed E-state index contributed by atoms with van der Waals surface area (Å²) in [5.41, 5.74) is 1.20. The Hall–Kier alpha value is -1.70. The van der Waals surface area contributed by atoms with Crippen LogP contribution in [-0.4, -0.2) is 29.0 Å². The highest BCUT2D eigenvalue weighted by molar-refractivity contribution is 7.99. The molecular weight excluding hydrogens is 383 g/mol. The third-order valence-electron chi connectivity index (χ3n) is 4.91. The Morgan fingerprint density at radius 2 is 2.22 bits per heavy atom. The zero-order chi connectivity index (χ0) is 19.0. The van der Waals surface area contributed by atoms with Gasteiger partial charge in [-0.05, 0) is 42.9 Å². The average Bonchev–Trinajstić information content (AvgIpc) is 3.00. The number of para-hydroxylation sites is 1. The van der Waals surface area contributed by atoms with Gasteiger partial charge in [0.1, 0.15) is 10.6 Å². The summed E-state index contributed by atoms with van der Waals surface area (Å²) < 4.78 is 21.1. The molecule has 4 nitrogen and oxygen atoms in total. The van der Waals surface area contributed by atoms with Gasteiger partial charge in [0.15, 0.2) is 5.16 Å². The lowest BCUT2D eigenvalue weighted by molar-refractivity contribution is 0.218. The molecule has 4 rings (SSSR count). The average molecular weight is 405 g/mol. The first-order valence-electron chi connectivity index (χ1n) is 9.04. The largest absolute Gasteiger partial charge is 0.384 e. The van der Waals surface area contributed by atoms with E-state index in [2.05, 4.69) is 6.92 Å². The van der Waals surface area contributed by atoms with Crippen molar-refractivity contribution in [2.24, 2.45) is 5.92 Å². The molecule has 0 N–H and O–H groups in total. The molecule has 0 spiro atoms. The minimum Gasteiger partial charge on any atom is -0.384 e. The molecule has 1 aromatic carbocycles. The summed E-state index contributed by atoms with van der Waals surface area (Å²) >= 11 is 3.03. The number of aryl methyl sites for hydroxylation is 1. The number of methoxy groups -OCH3 is 1. The van der Waals surface area contributed by atoms with Gasteiger partial charge in [-0.3, -0.25) is 9.36 Å². The fourth-order valence-electron chi connectivity index (χ4n) is 3.53. The van der Waals surface area contributed by atoms with Crippen LogP contribution in [0.2, 0.25) is 0 Å². The van der Waals surface area contributed by atoms with Gasteiger partial charge >= 0.3 is 0 Å². The molecule has 2 aromatic heterocycles. The van der Waals surface area contributed by atoms with Gasteiger partial charge in [-0.2, -0.15) is 0 Å². The lowest BCUT2D eigenvalue weighted by Gasteiger charge is -2.18. The molecule has 7 heteroatoms. The first kappa shape index (κ1) is 18.7. The third kappa shape index (κ3) is 3.44. The third-order valence-corrected chi connectivity index (χ3v) is 6.96. The monoisotopic (exact) mass is 404 g/mol. The molecule has 0 aliphatic heterocycles. The summed E-state index contributed by atoms with van der Waals surface area (Å²) in [6.07, 6.45) is 2.95. The molecule has 1 aliphatic rings. The van der Waals surface area contributed by atoms with Crippen LogP contribution in [0.1, 0.15) is 23.8 Å². The number of thioether (sulfide) groups is 1. The van der Waals surface area contributed by atoms with Crippen LogP contribution in [-0.2, 0) is 17.6 Å². The van der Waals surface area contributed by atoms with Crippen LogP contribution in [0.15, 0.2) is 34.2 Å². The molecule has 3 aromatic rings. The molecule has 0 saturated heterocycles. The van der Waals surface area contributed by atoms with Crippen molar-refractivity contribution in [2.45, 2.75) is 31.3 Å². The van der Waals surface area contributed by atoms with Gasteiger partial charge < -0.3 is 4.74 Å². The van der Waals surface area contributed by atoms with E-state index >= 15 is 0 Å². The van der Waals surface area contributed by atoms with Crippen molar-refractivity contribution in [3.05, 3.63) is 50.9 Å². The van der Waals surface area contributed by atoms with Gasteiger partial charge in [-0.25, -0.2) is 9.37 Å². The molecular formula is C20H21FN2O2S2. The SMILES string of the molecule is COCCSc1nc2sc3c(c2c(=O)n1-c1ccccc1F)CCC(C)C3. The van der Waals surface area contributed by atoms with Crippen molar-refractivity contribution in [2.75, 3.05) is 19.5 Å². The van der Waals surface area contributed by atoms with Crippen molar-refractivity contribution in [1.82, 2.24) is 9.55 Å². The van der Waals surface area contributed by atoms with Crippen molar-refractivity contribution >= 4 is 33.3 Å². The van der Waals surface area contributed by atoms with E-state index in [1.165, 1.54) is 27.3 Å². The van der Waals surface area contributed by atoms with E-state index in [-0.39, 0.29) is 11.2 Å². The van der Waals surface area contributed by atoms with Crippen LogP contribution in [0.4, 0.5) is 4.39 Å². The van der Waals surface area contributed by atoms with Gasteiger partial charge in [-0.15, -0.1) is 11.3 Å². The van der Waals surface area contributed by atoms with Crippen LogP contribution < -0.4 is 5.56 Å². The predicted octanol–water partition coefficient (Wildman–Crippen LogP) is 4.45. The Kier molecular flexibility index (Phi) is 5.34. The Labute approximate surface area is 165 Å². The summed E-state index contributed by atoms with van der Waals surface area (Å²) in [5.74, 6) is 0.840. The minimum absolute atomic E-state index is 0.169. The van der Waals surface area contributed by atoms with Crippen molar-refractivity contribution < 1.29 is 9.13 Å². The lowest BCUT2D eigenvalue weighted by Crippen LogP contribution is -2.23. The molecule has 0 bridgehead atoms. The lowest BCUT2D eigenvalue weighted by atomic mass is 9.89. The van der Waals surface area contributed by atoms with E-state index in [4.69, 9.17) is 9.72 Å². The molecule has 142 valence electrons. The highest BCUT2D eigenvalue weighted by Gasteiger charge is 2.25. The van der Waals surface area contributed by atoms with Crippen LogP contribution in [0, 0.1) is 11.7 Å². The van der Waals surface area contributed by atoms with Crippen LogP contribution in [0.5, 0.6) is 0 Å². The summed E-state index contributed by atoms with van der Waals surface area (Å²) in [7, 11) is 1.63. The summed E-state index contributed by atoms with van der Waals surface area (Å²) in [4.78, 5) is 20.3. The Bertz CT molecular complexity index is 1040. The van der Waals surface area contributed by atoms with Crippen molar-refractivity contribution in [3.8, 4) is 5.69 Å². The van der Waals surface area contributed by atoms with E-state index in [1.807, 2.05) is 0 Å². The van der Waals surface area contributed by atoms with E-state index in [1.54, 1.807) is 36.6 Å². The fourth-order valence-corrected chi connectivity index (χ4v) is 5.86. The number of rotatable bonds is 5. The Morgan fingerprint density at radius 1 is 1.41 bits per heavy atom. The minimum atomic E-state index is -0.424. The molecule has 0 fully saturated rings. The molecule has 1 atom stereocenters. The molecule has 2 heterocycles. The number of hydrogen-bond acceptors (Lipinski definition) is 5. The van der Waals surface area contributed by atoms with Gasteiger partial charge in [0.25, 0.3) is 5.56 Å². The molecule has 0 amide bonds. The first-order chi connectivity index (χ1) is 13.1. The van der Waals surface area contributed by atoms with E-state index in [9.17, 15) is 9.18 Å². The molecule has 0 radical (unpaired) electrons. The van der Waals surface area contributed by atoms with Crippen molar-refractivity contribution in [1.29, 1.82) is 0 Å². The second-order valence-electron chi connectivity index (χ2n) is 6.86. The van der Waals surface area contributed by atoms with Gasteiger partial charge in [0, 0.05) is 17.7 Å². The Balaban J connectivity index is 1.95. The summed E-state index contributed by atoms with van der Waals surface area (Å²) in [6, 6.07) is 6.37. The number of hydrogen-bond donors (Lipinski definition) is 0. The van der Waals surface area contributed by atoms with E-state index in [0.29, 0.717) is 28.8 Å². The number of ether oxygens (including phenoxy) is 1. The Morgan fingerprint density at radius 3 is 3.00 bits per heavy atom. The van der Waals surface area contributed by atoms with Crippen LogP contribution in [0.25, 0.3) is 15.9 Å². The molecule has 1 unspecified atom stereocenters. The van der Waals surface area contributed by atoms with Crippen molar-refractivity contribution in [3.63, 3.8) is 0 Å². The highest BCUT2D eigenvalue weighted by atomic mass is 32.2. The fraction of sp³-hybridized carbons (Fsp3) is 0.400. The standard InChI is InChI=1S/C20H21FN2O2S2/c1-12-7-8-13-16(11-12)27-18-17(13)19(24)23(15-6-4-3-5-14(15)21)20(22-18)26-10-9-25-2/h3-6,12H,7-11H2,1-2H3. The number of thiophene rings is 1. The number of halogens is 1. The normalized spacial score (nSPS) is 16.6. The summed E-state index contributed by atoms with van der Waals surface area (Å²) in [6.45, 7) is 2.78. The zero-order valence-electron chi connectivity index (χ0n) is 15.3. The number of nitrogens with zero attached hydrogens (tertiary/aromatic N) is 2. The second-order valence-corrected chi connectivity index (χ2v) is 9.01. The smallest absolute Gasteiger partial charge is 0.267 e. The van der Waals surface area contributed by atoms with Crippen LogP contribution in [0.3, 0.4) is 0 Å². The predicted molar refractivity (Wildman–Crippen MR) is 109 cm³/mol. The van der Waals surface area contributed by atoms with E-state index in [0.717, 1.165) is 29.7 Å². The van der Waals surface area contributed by atoms with Gasteiger partial charge in [-0.1, -0.05) is 30.8 Å². The molecule has 27 heavy (non-hydrogen) atoms. The highest BCUT2D eigenvalue weighted by Crippen LogP contribution is 2.37. The van der Waals surface area contributed by atoms with E-state index < -0.39 is 5.82 Å². The quantitative estimate of drug-likeness (QED) is 0.358. The maximum absolute atomic E-state index is 14.5. The zero-order valence-corrected chi connectivity index (χ0v) is 17.0. The second kappa shape index (κ2) is 7.73. The topological polar surface area (TPSA) is 44.1 Å². The number of fused-ring (bicyclic) bond motifs is 3. The summed E-state index contributed by atoms with van der Waals surface area (Å²) in [5, 5.41) is 1.18. The maximum atomic E-state index is 14.5.